The number of hydrogen-bond acceptors (Lipinski definition) is 4. The van der Waals surface area contributed by atoms with Crippen LogP contribution in [0.25, 0.3) is 0 Å². The minimum Gasteiger partial charge on any atom is -0.383 e. The molecule has 0 unspecified atom stereocenters. The molecule has 3 aromatic rings. The largest absolute Gasteiger partial charge is 0.434 e. The molecule has 0 bridgehead atoms. The van der Waals surface area contributed by atoms with Crippen LogP contribution in [0.4, 0.5) is 24.7 Å². The number of nitrogens with one attached hydrogen (secondary N) is 1. The maximum Gasteiger partial charge on any atom is 0.434 e. The van der Waals surface area contributed by atoms with E-state index in [4.69, 9.17) is 28.9 Å². The molecular weight excluding hydrogens is 452 g/mol. The fourth-order valence-electron chi connectivity index (χ4n) is 2.79. The maximum atomic E-state index is 13.5. The zero-order valence-electron chi connectivity index (χ0n) is 16.0. The van der Waals surface area contributed by atoms with Gasteiger partial charge in [-0.3, -0.25) is 4.79 Å². The Morgan fingerprint density at radius 3 is 2.29 bits per heavy atom. The van der Waals surface area contributed by atoms with Crippen molar-refractivity contribution in [2.24, 2.45) is 4.99 Å². The van der Waals surface area contributed by atoms with E-state index in [-0.39, 0.29) is 11.3 Å². The summed E-state index contributed by atoms with van der Waals surface area (Å²) in [6, 6.07) is 14.1. The summed E-state index contributed by atoms with van der Waals surface area (Å²) in [6.45, 7) is 0. The Hall–Kier alpha value is -3.10. The summed E-state index contributed by atoms with van der Waals surface area (Å²) < 4.78 is 40.4. The Bertz CT molecular complexity index is 1160. The first-order chi connectivity index (χ1) is 14.6. The molecular formula is C21H15Cl2F3N4O. The zero-order valence-corrected chi connectivity index (χ0v) is 17.5. The highest BCUT2D eigenvalue weighted by molar-refractivity contribution is 6.33. The molecule has 2 aromatic carbocycles. The number of hydrogen-bond donors (Lipinski definition) is 2. The van der Waals surface area contributed by atoms with Crippen LogP contribution in [0.1, 0.15) is 27.2 Å². The Morgan fingerprint density at radius 1 is 1.06 bits per heavy atom. The van der Waals surface area contributed by atoms with Crippen molar-refractivity contribution in [2.75, 3.05) is 12.8 Å². The van der Waals surface area contributed by atoms with Crippen LogP contribution in [0.15, 0.2) is 59.6 Å². The van der Waals surface area contributed by atoms with Crippen LogP contribution in [-0.4, -0.2) is 23.7 Å². The number of aromatic nitrogens is 1. The van der Waals surface area contributed by atoms with E-state index in [0.717, 1.165) is 6.07 Å². The van der Waals surface area contributed by atoms with Gasteiger partial charge in [-0.1, -0.05) is 47.5 Å². The van der Waals surface area contributed by atoms with E-state index in [2.05, 4.69) is 15.3 Å². The molecule has 0 saturated carbocycles. The van der Waals surface area contributed by atoms with Gasteiger partial charge in [0, 0.05) is 23.2 Å². The molecule has 0 aliphatic rings. The molecule has 3 rings (SSSR count). The van der Waals surface area contributed by atoms with E-state index in [9.17, 15) is 18.0 Å². The van der Waals surface area contributed by atoms with Gasteiger partial charge in [-0.05, 0) is 30.3 Å². The minimum absolute atomic E-state index is 0.0360. The van der Waals surface area contributed by atoms with Crippen molar-refractivity contribution >= 4 is 46.3 Å². The van der Waals surface area contributed by atoms with Crippen molar-refractivity contribution in [2.45, 2.75) is 6.18 Å². The first-order valence-corrected chi connectivity index (χ1v) is 9.56. The van der Waals surface area contributed by atoms with Gasteiger partial charge in [0.2, 0.25) is 0 Å². The number of anilines is 1. The van der Waals surface area contributed by atoms with Crippen molar-refractivity contribution in [3.05, 3.63) is 87.0 Å². The van der Waals surface area contributed by atoms with Crippen LogP contribution in [0, 0.1) is 0 Å². The SMILES string of the molecule is CNC(=O)c1cc(C(=Nc2ccccc2Cl)c2ccc(Cl)cc2)c(N)nc1C(F)(F)F. The van der Waals surface area contributed by atoms with E-state index in [0.29, 0.717) is 21.3 Å². The van der Waals surface area contributed by atoms with Crippen LogP contribution in [-0.2, 0) is 6.18 Å². The summed E-state index contributed by atoms with van der Waals surface area (Å²) in [5.41, 5.74) is 4.89. The average molecular weight is 467 g/mol. The standard InChI is InChI=1S/C21H15Cl2F3N4O/c1-28-20(31)14-10-13(19(27)30-18(14)21(24,25)26)17(11-6-8-12(22)9-7-11)29-16-5-3-2-4-15(16)23/h2-10H,1H3,(H2,27,30)(H,28,31). The Balaban J connectivity index is 2.32. The highest BCUT2D eigenvalue weighted by Gasteiger charge is 2.38. The number of benzene rings is 2. The number of nitrogens with two attached hydrogens (primary N) is 1. The number of halogens is 5. The van der Waals surface area contributed by atoms with E-state index >= 15 is 0 Å². The number of pyridine rings is 1. The van der Waals surface area contributed by atoms with Crippen LogP contribution in [0.3, 0.4) is 0 Å². The highest BCUT2D eigenvalue weighted by atomic mass is 35.5. The quantitative estimate of drug-likeness (QED) is 0.496. The third kappa shape index (κ3) is 4.98. The van der Waals surface area contributed by atoms with Gasteiger partial charge in [-0.2, -0.15) is 13.2 Å². The molecule has 0 atom stereocenters. The van der Waals surface area contributed by atoms with E-state index < -0.39 is 29.2 Å². The molecule has 0 fully saturated rings. The summed E-state index contributed by atoms with van der Waals surface area (Å²) >= 11 is 12.2. The van der Waals surface area contributed by atoms with Gasteiger partial charge in [-0.25, -0.2) is 9.98 Å². The highest BCUT2D eigenvalue weighted by Crippen LogP contribution is 2.34. The summed E-state index contributed by atoms with van der Waals surface area (Å²) in [5, 5.41) is 2.96. The summed E-state index contributed by atoms with van der Waals surface area (Å²) in [6.07, 6.45) is -4.88. The number of nitrogens with zero attached hydrogens (tertiary/aromatic N) is 2. The van der Waals surface area contributed by atoms with E-state index in [1.807, 2.05) is 0 Å². The fourth-order valence-corrected chi connectivity index (χ4v) is 3.10. The van der Waals surface area contributed by atoms with Crippen molar-refractivity contribution in [3.63, 3.8) is 0 Å². The number of carbonyl (C=O) groups excluding carboxylic acids is 1. The molecule has 1 heterocycles. The molecule has 0 aliphatic heterocycles. The van der Waals surface area contributed by atoms with Crippen molar-refractivity contribution in [3.8, 4) is 0 Å². The Labute approximate surface area is 185 Å². The monoisotopic (exact) mass is 466 g/mol. The molecule has 1 aromatic heterocycles. The average Bonchev–Trinajstić information content (AvgIpc) is 2.73. The molecule has 0 radical (unpaired) electrons. The van der Waals surface area contributed by atoms with Crippen LogP contribution in [0.2, 0.25) is 10.0 Å². The predicted molar refractivity (Wildman–Crippen MR) is 115 cm³/mol. The zero-order chi connectivity index (χ0) is 22.8. The van der Waals surface area contributed by atoms with Gasteiger partial charge in [0.25, 0.3) is 5.91 Å². The lowest BCUT2D eigenvalue weighted by Crippen LogP contribution is -2.25. The first-order valence-electron chi connectivity index (χ1n) is 8.81. The summed E-state index contributed by atoms with van der Waals surface area (Å²) in [7, 11) is 1.22. The molecule has 3 N–H and O–H groups in total. The number of alkyl halides is 3. The molecule has 0 spiro atoms. The summed E-state index contributed by atoms with van der Waals surface area (Å²) in [4.78, 5) is 20.2. The van der Waals surface area contributed by atoms with Gasteiger partial charge in [0.15, 0.2) is 5.69 Å². The number of aliphatic imine (C=N–C) groups is 1. The normalized spacial score (nSPS) is 12.0. The van der Waals surface area contributed by atoms with Gasteiger partial charge in [0.1, 0.15) is 5.82 Å². The van der Waals surface area contributed by atoms with Gasteiger partial charge >= 0.3 is 6.18 Å². The lowest BCUT2D eigenvalue weighted by Gasteiger charge is -2.16. The number of nitrogen functional groups attached to an aromatic ring is 1. The lowest BCUT2D eigenvalue weighted by molar-refractivity contribution is -0.141. The molecule has 0 aliphatic carbocycles. The fraction of sp³-hybridized carbons (Fsp3) is 0.0952. The second-order valence-corrected chi connectivity index (χ2v) is 7.16. The number of rotatable bonds is 4. The molecule has 5 nitrogen and oxygen atoms in total. The second-order valence-electron chi connectivity index (χ2n) is 6.31. The van der Waals surface area contributed by atoms with Crippen LogP contribution >= 0.6 is 23.2 Å². The van der Waals surface area contributed by atoms with Crippen LogP contribution < -0.4 is 11.1 Å². The third-order valence-corrected chi connectivity index (χ3v) is 4.82. The van der Waals surface area contributed by atoms with Crippen LogP contribution in [0.5, 0.6) is 0 Å². The smallest absolute Gasteiger partial charge is 0.383 e. The van der Waals surface area contributed by atoms with E-state index in [1.165, 1.54) is 7.05 Å². The first kappa shape index (κ1) is 22.6. The predicted octanol–water partition coefficient (Wildman–Crippen LogP) is 5.52. The third-order valence-electron chi connectivity index (χ3n) is 4.25. The van der Waals surface area contributed by atoms with Gasteiger partial charge in [0.05, 0.1) is 22.0 Å². The number of para-hydroxylation sites is 1. The van der Waals surface area contributed by atoms with Gasteiger partial charge in [-0.15, -0.1) is 0 Å². The molecule has 31 heavy (non-hydrogen) atoms. The molecule has 160 valence electrons. The second kappa shape index (κ2) is 8.95. The van der Waals surface area contributed by atoms with Gasteiger partial charge < -0.3 is 11.1 Å². The Kier molecular flexibility index (Phi) is 6.52. The number of carbonyl (C=O) groups is 1. The Morgan fingerprint density at radius 2 is 1.71 bits per heavy atom. The number of amides is 1. The minimum atomic E-state index is -4.88. The molecule has 0 saturated heterocycles. The molecule has 10 heteroatoms. The maximum absolute atomic E-state index is 13.5. The molecule has 1 amide bonds. The lowest BCUT2D eigenvalue weighted by atomic mass is 9.99. The van der Waals surface area contributed by atoms with Crippen molar-refractivity contribution in [1.82, 2.24) is 10.3 Å². The topological polar surface area (TPSA) is 80.4 Å². The van der Waals surface area contributed by atoms with Crippen molar-refractivity contribution in [1.29, 1.82) is 0 Å². The van der Waals surface area contributed by atoms with E-state index in [1.54, 1.807) is 48.5 Å². The van der Waals surface area contributed by atoms with Crippen molar-refractivity contribution < 1.29 is 18.0 Å². The summed E-state index contributed by atoms with van der Waals surface area (Å²) in [5.74, 6) is -1.41.